The van der Waals surface area contributed by atoms with Gasteiger partial charge in [0.15, 0.2) is 11.5 Å². The molecule has 5 nitrogen and oxygen atoms in total. The van der Waals surface area contributed by atoms with E-state index in [4.69, 9.17) is 9.47 Å². The van der Waals surface area contributed by atoms with Crippen LogP contribution in [0.15, 0.2) is 16.6 Å². The number of carbonyl (C=O) groups excluding carboxylic acids is 1. The minimum Gasteiger partial charge on any atom is -0.454 e. The minimum absolute atomic E-state index is 0.00481. The van der Waals surface area contributed by atoms with Gasteiger partial charge in [0.1, 0.15) is 0 Å². The van der Waals surface area contributed by atoms with Gasteiger partial charge in [-0.3, -0.25) is 4.79 Å². The lowest BCUT2D eigenvalue weighted by Gasteiger charge is -2.10. The van der Waals surface area contributed by atoms with Crippen LogP contribution in [0.3, 0.4) is 0 Å². The Bertz CT molecular complexity index is 477. The maximum absolute atomic E-state index is 11.5. The summed E-state index contributed by atoms with van der Waals surface area (Å²) in [6.45, 7) is 5.02. The van der Waals surface area contributed by atoms with Gasteiger partial charge in [0.05, 0.1) is 11.0 Å². The van der Waals surface area contributed by atoms with Crippen LogP contribution in [0, 0.1) is 0 Å². The van der Waals surface area contributed by atoms with Gasteiger partial charge in [0, 0.05) is 12.6 Å². The zero-order chi connectivity index (χ0) is 13.8. The van der Waals surface area contributed by atoms with Gasteiger partial charge in [0.25, 0.3) is 0 Å². The molecule has 2 rings (SSSR count). The number of halogens is 1. The van der Waals surface area contributed by atoms with Crippen molar-refractivity contribution in [2.75, 3.05) is 13.3 Å². The van der Waals surface area contributed by atoms with Crippen LogP contribution in [-0.4, -0.2) is 25.3 Å². The summed E-state index contributed by atoms with van der Waals surface area (Å²) < 4.78 is 11.5. The molecule has 1 aromatic carbocycles. The summed E-state index contributed by atoms with van der Waals surface area (Å²) in [6.07, 6.45) is 0. The van der Waals surface area contributed by atoms with E-state index in [1.807, 2.05) is 26.0 Å². The largest absolute Gasteiger partial charge is 0.454 e. The van der Waals surface area contributed by atoms with Crippen LogP contribution in [0.25, 0.3) is 0 Å². The highest BCUT2D eigenvalue weighted by atomic mass is 79.9. The zero-order valence-corrected chi connectivity index (χ0v) is 12.5. The third-order valence-corrected chi connectivity index (χ3v) is 3.14. The zero-order valence-electron chi connectivity index (χ0n) is 11.0. The normalized spacial score (nSPS) is 12.8. The summed E-state index contributed by atoms with van der Waals surface area (Å²) in [5.74, 6) is 1.47. The fraction of sp³-hybridized carbons (Fsp3) is 0.462. The Labute approximate surface area is 120 Å². The summed E-state index contributed by atoms with van der Waals surface area (Å²) in [7, 11) is 0. The van der Waals surface area contributed by atoms with Crippen molar-refractivity contribution >= 4 is 21.8 Å². The molecule has 0 fully saturated rings. The number of carbonyl (C=O) groups is 1. The molecule has 6 heteroatoms. The first-order valence-electron chi connectivity index (χ1n) is 6.14. The van der Waals surface area contributed by atoms with Gasteiger partial charge in [-0.15, -0.1) is 0 Å². The Morgan fingerprint density at radius 3 is 2.95 bits per heavy atom. The lowest BCUT2D eigenvalue weighted by atomic mass is 10.2. The van der Waals surface area contributed by atoms with Crippen molar-refractivity contribution in [3.05, 3.63) is 22.2 Å². The highest BCUT2D eigenvalue weighted by molar-refractivity contribution is 9.10. The SMILES string of the molecule is CC(C)NC(=O)CNCc1cc(Br)c2c(c1)OCO2. The molecule has 0 bridgehead atoms. The van der Waals surface area contributed by atoms with Crippen molar-refractivity contribution in [2.45, 2.75) is 26.4 Å². The lowest BCUT2D eigenvalue weighted by molar-refractivity contribution is -0.120. The van der Waals surface area contributed by atoms with Crippen LogP contribution in [0.1, 0.15) is 19.4 Å². The molecule has 0 saturated carbocycles. The van der Waals surface area contributed by atoms with Crippen molar-refractivity contribution in [1.82, 2.24) is 10.6 Å². The van der Waals surface area contributed by atoms with Crippen LogP contribution >= 0.6 is 15.9 Å². The molecule has 0 radical (unpaired) electrons. The van der Waals surface area contributed by atoms with Crippen molar-refractivity contribution < 1.29 is 14.3 Å². The van der Waals surface area contributed by atoms with Crippen LogP contribution < -0.4 is 20.1 Å². The second-order valence-corrected chi connectivity index (χ2v) is 5.49. The third kappa shape index (κ3) is 3.84. The fourth-order valence-electron chi connectivity index (χ4n) is 1.82. The number of amides is 1. The van der Waals surface area contributed by atoms with Crippen LogP contribution in [0.2, 0.25) is 0 Å². The van der Waals surface area contributed by atoms with E-state index >= 15 is 0 Å². The molecule has 0 aliphatic carbocycles. The molecule has 1 aliphatic rings. The monoisotopic (exact) mass is 328 g/mol. The van der Waals surface area contributed by atoms with Gasteiger partial charge in [-0.25, -0.2) is 0 Å². The van der Waals surface area contributed by atoms with E-state index < -0.39 is 0 Å². The van der Waals surface area contributed by atoms with E-state index in [0.717, 1.165) is 21.5 Å². The van der Waals surface area contributed by atoms with Crippen molar-refractivity contribution in [3.63, 3.8) is 0 Å². The fourth-order valence-corrected chi connectivity index (χ4v) is 2.42. The number of nitrogens with one attached hydrogen (secondary N) is 2. The smallest absolute Gasteiger partial charge is 0.234 e. The molecule has 1 amide bonds. The van der Waals surface area contributed by atoms with Crippen LogP contribution in [-0.2, 0) is 11.3 Å². The molecule has 1 aromatic rings. The molecule has 0 unspecified atom stereocenters. The highest BCUT2D eigenvalue weighted by Crippen LogP contribution is 2.39. The van der Waals surface area contributed by atoms with Gasteiger partial charge >= 0.3 is 0 Å². The predicted octanol–water partition coefficient (Wildman–Crippen LogP) is 1.79. The van der Waals surface area contributed by atoms with E-state index in [0.29, 0.717) is 13.1 Å². The first-order chi connectivity index (χ1) is 9.06. The summed E-state index contributed by atoms with van der Waals surface area (Å²) in [5.41, 5.74) is 1.04. The first kappa shape index (κ1) is 14.1. The molecular weight excluding hydrogens is 312 g/mol. The second kappa shape index (κ2) is 6.25. The number of hydrogen-bond acceptors (Lipinski definition) is 4. The Kier molecular flexibility index (Phi) is 4.66. The summed E-state index contributed by atoms with van der Waals surface area (Å²) >= 11 is 3.44. The third-order valence-electron chi connectivity index (χ3n) is 2.55. The topological polar surface area (TPSA) is 59.6 Å². The molecule has 0 aromatic heterocycles. The molecule has 0 atom stereocenters. The maximum atomic E-state index is 11.5. The Morgan fingerprint density at radius 1 is 1.42 bits per heavy atom. The number of ether oxygens (including phenoxy) is 2. The molecular formula is C13H17BrN2O3. The number of hydrogen-bond donors (Lipinski definition) is 2. The van der Waals surface area contributed by atoms with Gasteiger partial charge in [0.2, 0.25) is 12.7 Å². The van der Waals surface area contributed by atoms with Gasteiger partial charge < -0.3 is 20.1 Å². The van der Waals surface area contributed by atoms with Gasteiger partial charge in [-0.1, -0.05) is 0 Å². The van der Waals surface area contributed by atoms with Gasteiger partial charge in [-0.2, -0.15) is 0 Å². The predicted molar refractivity (Wildman–Crippen MR) is 75.3 cm³/mol. The summed E-state index contributed by atoms with van der Waals surface area (Å²) in [4.78, 5) is 11.5. The molecule has 0 spiro atoms. The average molecular weight is 329 g/mol. The quantitative estimate of drug-likeness (QED) is 0.865. The van der Waals surface area contributed by atoms with E-state index in [9.17, 15) is 4.79 Å². The maximum Gasteiger partial charge on any atom is 0.234 e. The highest BCUT2D eigenvalue weighted by Gasteiger charge is 2.17. The molecule has 1 aliphatic heterocycles. The molecule has 104 valence electrons. The lowest BCUT2D eigenvalue weighted by Crippen LogP contribution is -2.37. The minimum atomic E-state index is -0.00481. The Balaban J connectivity index is 1.87. The number of fused-ring (bicyclic) bond motifs is 1. The molecule has 2 N–H and O–H groups in total. The summed E-state index contributed by atoms with van der Waals surface area (Å²) in [6, 6.07) is 4.04. The Morgan fingerprint density at radius 2 is 2.21 bits per heavy atom. The standard InChI is InChI=1S/C13H17BrN2O3/c1-8(2)16-12(17)6-15-5-9-3-10(14)13-11(4-9)18-7-19-13/h3-4,8,15H,5-7H2,1-2H3,(H,16,17). The van der Waals surface area contributed by atoms with Crippen molar-refractivity contribution in [3.8, 4) is 11.5 Å². The van der Waals surface area contributed by atoms with E-state index in [2.05, 4.69) is 26.6 Å². The molecule has 1 heterocycles. The van der Waals surface area contributed by atoms with Crippen molar-refractivity contribution in [1.29, 1.82) is 0 Å². The molecule has 0 saturated heterocycles. The summed E-state index contributed by atoms with van der Waals surface area (Å²) in [5, 5.41) is 5.92. The number of benzene rings is 1. The number of rotatable bonds is 5. The second-order valence-electron chi connectivity index (χ2n) is 4.64. The first-order valence-corrected chi connectivity index (χ1v) is 6.93. The average Bonchev–Trinajstić information content (AvgIpc) is 2.76. The Hall–Kier alpha value is -1.27. The van der Waals surface area contributed by atoms with E-state index in [1.165, 1.54) is 0 Å². The van der Waals surface area contributed by atoms with E-state index in [1.54, 1.807) is 0 Å². The van der Waals surface area contributed by atoms with Crippen LogP contribution in [0.5, 0.6) is 11.5 Å². The van der Waals surface area contributed by atoms with Gasteiger partial charge in [-0.05, 0) is 47.5 Å². The van der Waals surface area contributed by atoms with E-state index in [-0.39, 0.29) is 18.7 Å². The van der Waals surface area contributed by atoms with Crippen LogP contribution in [0.4, 0.5) is 0 Å². The molecule has 19 heavy (non-hydrogen) atoms. The van der Waals surface area contributed by atoms with Crippen molar-refractivity contribution in [2.24, 2.45) is 0 Å².